The van der Waals surface area contributed by atoms with Gasteiger partial charge in [-0.1, -0.05) is 59.2 Å². The summed E-state index contributed by atoms with van der Waals surface area (Å²) in [6.45, 7) is 13.0. The number of thiocarbonyl (C=S) groups is 1. The SMILES string of the molecule is COC(=O)c1ccc(C2=CC[C@@]3(C)C(CC[C@]4(C)C3CC[C@@H]3C5CCC[C@]5(NC(N)=S)CC[C@]34C)C2(C)C)cc1. The highest BCUT2D eigenvalue weighted by atomic mass is 32.1. The molecule has 0 heterocycles. The van der Waals surface area contributed by atoms with Crippen molar-refractivity contribution in [2.45, 2.75) is 104 Å². The molecule has 5 aliphatic rings. The minimum Gasteiger partial charge on any atom is -0.465 e. The lowest BCUT2D eigenvalue weighted by molar-refractivity contribution is -0.216. The van der Waals surface area contributed by atoms with Gasteiger partial charge in [-0.3, -0.25) is 0 Å². The zero-order valence-electron chi connectivity index (χ0n) is 25.6. The Hall–Kier alpha value is -1.88. The van der Waals surface area contributed by atoms with E-state index in [1.807, 2.05) is 12.1 Å². The topological polar surface area (TPSA) is 64.3 Å². The molecule has 218 valence electrons. The van der Waals surface area contributed by atoms with Gasteiger partial charge < -0.3 is 15.8 Å². The Morgan fingerprint density at radius 3 is 2.30 bits per heavy atom. The van der Waals surface area contributed by atoms with E-state index in [0.29, 0.717) is 38.8 Å². The molecule has 0 aromatic heterocycles. The van der Waals surface area contributed by atoms with E-state index in [0.717, 1.165) is 18.3 Å². The van der Waals surface area contributed by atoms with E-state index < -0.39 is 0 Å². The van der Waals surface area contributed by atoms with Crippen molar-refractivity contribution in [2.75, 3.05) is 7.11 Å². The quantitative estimate of drug-likeness (QED) is 0.289. The van der Waals surface area contributed by atoms with Gasteiger partial charge in [0.25, 0.3) is 0 Å². The van der Waals surface area contributed by atoms with Crippen molar-refractivity contribution in [1.29, 1.82) is 0 Å². The normalized spacial score (nSPS) is 43.3. The number of nitrogens with one attached hydrogen (secondary N) is 1. The van der Waals surface area contributed by atoms with E-state index in [1.165, 1.54) is 76.0 Å². The summed E-state index contributed by atoms with van der Waals surface area (Å²) in [6, 6.07) is 8.09. The van der Waals surface area contributed by atoms with Gasteiger partial charge in [0.1, 0.15) is 0 Å². The first-order valence-corrected chi connectivity index (χ1v) is 16.2. The Balaban J connectivity index is 1.32. The summed E-state index contributed by atoms with van der Waals surface area (Å²) in [5.74, 6) is 2.55. The van der Waals surface area contributed by atoms with Gasteiger partial charge in [-0.2, -0.15) is 0 Å². The third-order valence-electron chi connectivity index (χ3n) is 13.9. The summed E-state index contributed by atoms with van der Waals surface area (Å²) in [5, 5.41) is 4.16. The third-order valence-corrected chi connectivity index (χ3v) is 14.0. The van der Waals surface area contributed by atoms with Crippen molar-refractivity contribution in [2.24, 2.45) is 51.1 Å². The average molecular weight is 563 g/mol. The Morgan fingerprint density at radius 1 is 0.900 bits per heavy atom. The van der Waals surface area contributed by atoms with Crippen molar-refractivity contribution in [1.82, 2.24) is 5.32 Å². The van der Waals surface area contributed by atoms with Crippen LogP contribution < -0.4 is 11.1 Å². The molecule has 4 nitrogen and oxygen atoms in total. The molecular formula is C35H50N2O2S. The van der Waals surface area contributed by atoms with Crippen LogP contribution in [0.3, 0.4) is 0 Å². The highest BCUT2D eigenvalue weighted by Crippen LogP contribution is 2.76. The monoisotopic (exact) mass is 562 g/mol. The van der Waals surface area contributed by atoms with Crippen LogP contribution in [0, 0.1) is 45.3 Å². The van der Waals surface area contributed by atoms with Crippen LogP contribution in [0.25, 0.3) is 5.57 Å². The van der Waals surface area contributed by atoms with Gasteiger partial charge >= 0.3 is 5.97 Å². The maximum absolute atomic E-state index is 12.0. The largest absolute Gasteiger partial charge is 0.465 e. The summed E-state index contributed by atoms with van der Waals surface area (Å²) < 4.78 is 4.93. The lowest BCUT2D eigenvalue weighted by Gasteiger charge is -2.72. The molecule has 40 heavy (non-hydrogen) atoms. The summed E-state index contributed by atoms with van der Waals surface area (Å²) >= 11 is 5.39. The number of hydrogen-bond acceptors (Lipinski definition) is 3. The molecule has 4 fully saturated rings. The highest BCUT2D eigenvalue weighted by Gasteiger charge is 2.69. The van der Waals surface area contributed by atoms with Gasteiger partial charge in [-0.25, -0.2) is 4.79 Å². The molecule has 0 amide bonds. The highest BCUT2D eigenvalue weighted by molar-refractivity contribution is 7.80. The van der Waals surface area contributed by atoms with Crippen LogP contribution >= 0.6 is 12.2 Å². The predicted molar refractivity (Wildman–Crippen MR) is 167 cm³/mol. The number of ether oxygens (including phenoxy) is 1. The molecule has 0 saturated heterocycles. The van der Waals surface area contributed by atoms with Gasteiger partial charge in [0.15, 0.2) is 5.11 Å². The van der Waals surface area contributed by atoms with Crippen LogP contribution in [-0.2, 0) is 4.74 Å². The standard InChI is InChI=1S/C35H50N2O2S/c1-31(2)24(22-9-11-23(12-10-22)29(38)39-6)15-18-32(3)27(31)16-19-34(5)28(32)14-13-25-26-8-7-17-35(26,37-30(36)40)21-20-33(25,34)4/h9-12,15,25-28H,7-8,13-14,16-21H2,1-6H3,(H3,36,37,40)/t25-,26?,27?,28?,32+,33-,34-,35+/m1/s1. The molecule has 3 N–H and O–H groups in total. The first kappa shape index (κ1) is 28.2. The predicted octanol–water partition coefficient (Wildman–Crippen LogP) is 7.91. The van der Waals surface area contributed by atoms with E-state index in [4.69, 9.17) is 22.7 Å². The first-order valence-electron chi connectivity index (χ1n) is 15.8. The summed E-state index contributed by atoms with van der Waals surface area (Å²) in [6.07, 6.45) is 15.4. The molecule has 5 aliphatic carbocycles. The Labute approximate surface area is 247 Å². The van der Waals surface area contributed by atoms with Crippen LogP contribution in [0.1, 0.15) is 115 Å². The number of nitrogens with two attached hydrogens (primary N) is 1. The molecule has 1 aromatic carbocycles. The second-order valence-corrected chi connectivity index (χ2v) is 15.9. The fourth-order valence-electron chi connectivity index (χ4n) is 12.0. The number of hydrogen-bond donors (Lipinski definition) is 2. The molecule has 1 aromatic rings. The zero-order chi connectivity index (χ0) is 28.7. The number of allylic oxidation sites excluding steroid dienone is 2. The smallest absolute Gasteiger partial charge is 0.337 e. The molecular weight excluding hydrogens is 512 g/mol. The van der Waals surface area contributed by atoms with Gasteiger partial charge in [0, 0.05) is 5.54 Å². The number of carbonyl (C=O) groups excluding carboxylic acids is 1. The van der Waals surface area contributed by atoms with E-state index >= 15 is 0 Å². The van der Waals surface area contributed by atoms with Crippen molar-refractivity contribution in [3.8, 4) is 0 Å². The first-order chi connectivity index (χ1) is 18.8. The summed E-state index contributed by atoms with van der Waals surface area (Å²) in [7, 11) is 1.44. The van der Waals surface area contributed by atoms with Crippen LogP contribution in [0.15, 0.2) is 30.3 Å². The minimum absolute atomic E-state index is 0.0762. The van der Waals surface area contributed by atoms with Crippen LogP contribution in [0.2, 0.25) is 0 Å². The fraction of sp³-hybridized carbons (Fsp3) is 0.714. The zero-order valence-corrected chi connectivity index (χ0v) is 26.4. The fourth-order valence-corrected chi connectivity index (χ4v) is 12.2. The van der Waals surface area contributed by atoms with Gasteiger partial charge in [-0.05, 0) is 139 Å². The molecule has 4 saturated carbocycles. The van der Waals surface area contributed by atoms with E-state index in [1.54, 1.807) is 0 Å². The Morgan fingerprint density at radius 2 is 1.62 bits per heavy atom. The van der Waals surface area contributed by atoms with Gasteiger partial charge in [0.05, 0.1) is 12.7 Å². The number of rotatable bonds is 3. The van der Waals surface area contributed by atoms with Crippen molar-refractivity contribution in [3.63, 3.8) is 0 Å². The van der Waals surface area contributed by atoms with E-state index in [-0.39, 0.29) is 16.9 Å². The van der Waals surface area contributed by atoms with Crippen LogP contribution in [0.5, 0.6) is 0 Å². The lowest BCUT2D eigenvalue weighted by Crippen LogP contribution is -2.68. The third kappa shape index (κ3) is 3.74. The second-order valence-electron chi connectivity index (χ2n) is 15.4. The summed E-state index contributed by atoms with van der Waals surface area (Å²) in [5.41, 5.74) is 10.6. The second kappa shape index (κ2) is 9.31. The number of carbonyl (C=O) groups is 1. The molecule has 0 aliphatic heterocycles. The number of esters is 1. The molecule has 5 heteroatoms. The number of methoxy groups -OCH3 is 1. The van der Waals surface area contributed by atoms with E-state index in [2.05, 4.69) is 58.1 Å². The van der Waals surface area contributed by atoms with Gasteiger partial charge in [-0.15, -0.1) is 0 Å². The van der Waals surface area contributed by atoms with Gasteiger partial charge in [0.2, 0.25) is 0 Å². The van der Waals surface area contributed by atoms with Crippen LogP contribution in [0.4, 0.5) is 0 Å². The maximum atomic E-state index is 12.0. The van der Waals surface area contributed by atoms with Crippen molar-refractivity contribution >= 4 is 28.9 Å². The van der Waals surface area contributed by atoms with Crippen molar-refractivity contribution in [3.05, 3.63) is 41.5 Å². The Kier molecular flexibility index (Phi) is 6.58. The molecule has 0 bridgehead atoms. The minimum atomic E-state index is -0.272. The van der Waals surface area contributed by atoms with Crippen molar-refractivity contribution < 1.29 is 9.53 Å². The molecule has 0 spiro atoms. The maximum Gasteiger partial charge on any atom is 0.337 e. The number of benzene rings is 1. The molecule has 3 unspecified atom stereocenters. The number of fused-ring (bicyclic) bond motifs is 7. The summed E-state index contributed by atoms with van der Waals surface area (Å²) in [4.78, 5) is 12.0. The lowest BCUT2D eigenvalue weighted by atomic mass is 9.33. The Bertz CT molecular complexity index is 1240. The van der Waals surface area contributed by atoms with Crippen LogP contribution in [-0.4, -0.2) is 23.7 Å². The molecule has 8 atom stereocenters. The molecule has 6 rings (SSSR count). The van der Waals surface area contributed by atoms with E-state index in [9.17, 15) is 4.79 Å². The average Bonchev–Trinajstić information content (AvgIpc) is 3.31. The molecule has 0 radical (unpaired) electrons.